The Bertz CT molecular complexity index is 856. The van der Waals surface area contributed by atoms with Gasteiger partial charge in [-0.2, -0.15) is 0 Å². The van der Waals surface area contributed by atoms with E-state index in [4.69, 9.17) is 14.2 Å². The summed E-state index contributed by atoms with van der Waals surface area (Å²) < 4.78 is 16.7. The maximum absolute atomic E-state index is 12.7. The average Bonchev–Trinajstić information content (AvgIpc) is 3.17. The molecule has 0 fully saturated rings. The zero-order valence-electron chi connectivity index (χ0n) is 37.7. The molecule has 326 valence electrons. The average molecular weight is 779 g/mol. The van der Waals surface area contributed by atoms with Gasteiger partial charge >= 0.3 is 17.9 Å². The number of ether oxygens (including phenoxy) is 3. The van der Waals surface area contributed by atoms with Crippen LogP contribution >= 0.6 is 0 Å². The predicted octanol–water partition coefficient (Wildman–Crippen LogP) is 15.2. The summed E-state index contributed by atoms with van der Waals surface area (Å²) in [5.41, 5.74) is 0. The monoisotopic (exact) mass is 779 g/mol. The van der Waals surface area contributed by atoms with Crippen molar-refractivity contribution in [1.29, 1.82) is 0 Å². The summed E-state index contributed by atoms with van der Waals surface area (Å²) in [7, 11) is 0. The summed E-state index contributed by atoms with van der Waals surface area (Å²) in [6.07, 6.45) is 38.0. The summed E-state index contributed by atoms with van der Waals surface area (Å²) in [6, 6.07) is 0. The Kier molecular flexibility index (Phi) is 39.4. The fourth-order valence-electron chi connectivity index (χ4n) is 7.17. The van der Waals surface area contributed by atoms with Crippen LogP contribution in [0.15, 0.2) is 0 Å². The van der Waals surface area contributed by atoms with Crippen molar-refractivity contribution < 1.29 is 28.6 Å². The summed E-state index contributed by atoms with van der Waals surface area (Å²) >= 11 is 0. The second-order valence-electron chi connectivity index (χ2n) is 17.7. The van der Waals surface area contributed by atoms with E-state index in [0.29, 0.717) is 19.3 Å². The number of hydrogen-bond donors (Lipinski definition) is 0. The first-order valence-corrected chi connectivity index (χ1v) is 24.2. The van der Waals surface area contributed by atoms with Crippen molar-refractivity contribution in [3.8, 4) is 0 Å². The van der Waals surface area contributed by atoms with E-state index in [0.717, 1.165) is 75.5 Å². The van der Waals surface area contributed by atoms with Gasteiger partial charge in [-0.15, -0.1) is 0 Å². The molecule has 0 spiro atoms. The van der Waals surface area contributed by atoms with Crippen molar-refractivity contribution in [2.45, 2.75) is 266 Å². The molecule has 0 aliphatic heterocycles. The Morgan fingerprint density at radius 1 is 0.364 bits per heavy atom. The van der Waals surface area contributed by atoms with Crippen molar-refractivity contribution in [2.75, 3.05) is 13.2 Å². The third-order valence-electron chi connectivity index (χ3n) is 11.6. The van der Waals surface area contributed by atoms with E-state index in [9.17, 15) is 14.4 Å². The van der Waals surface area contributed by atoms with E-state index in [-0.39, 0.29) is 31.1 Å². The molecule has 0 bridgehead atoms. The second-order valence-corrected chi connectivity index (χ2v) is 17.7. The highest BCUT2D eigenvalue weighted by Crippen LogP contribution is 2.18. The van der Waals surface area contributed by atoms with Gasteiger partial charge < -0.3 is 14.2 Å². The lowest BCUT2D eigenvalue weighted by molar-refractivity contribution is -0.167. The van der Waals surface area contributed by atoms with Gasteiger partial charge in [0, 0.05) is 19.3 Å². The first kappa shape index (κ1) is 53.4. The fourth-order valence-corrected chi connectivity index (χ4v) is 7.17. The SMILES string of the molecule is CCC(C)CCCCCCCCCCC(=O)OC[C@H](COC(=O)CCCCCCCCCCCCCCC(C)C)OC(=O)CCCCCCCCC(C)CC. The van der Waals surface area contributed by atoms with E-state index in [1.807, 2.05) is 0 Å². The molecule has 0 aromatic heterocycles. The lowest BCUT2D eigenvalue weighted by Crippen LogP contribution is -2.30. The van der Waals surface area contributed by atoms with Gasteiger partial charge in [0.15, 0.2) is 6.10 Å². The van der Waals surface area contributed by atoms with Gasteiger partial charge in [-0.05, 0) is 37.0 Å². The molecule has 0 rings (SSSR count). The molecule has 6 heteroatoms. The maximum atomic E-state index is 12.7. The summed E-state index contributed by atoms with van der Waals surface area (Å²) in [5, 5.41) is 0. The van der Waals surface area contributed by atoms with Gasteiger partial charge in [-0.3, -0.25) is 14.4 Å². The van der Waals surface area contributed by atoms with Crippen molar-refractivity contribution in [1.82, 2.24) is 0 Å². The maximum Gasteiger partial charge on any atom is 0.306 e. The number of esters is 3. The van der Waals surface area contributed by atoms with E-state index in [1.165, 1.54) is 141 Å². The number of carbonyl (C=O) groups is 3. The van der Waals surface area contributed by atoms with Gasteiger partial charge in [0.25, 0.3) is 0 Å². The summed E-state index contributed by atoms with van der Waals surface area (Å²) in [6.45, 7) is 13.7. The molecular weight excluding hydrogens is 685 g/mol. The summed E-state index contributed by atoms with van der Waals surface area (Å²) in [4.78, 5) is 37.8. The van der Waals surface area contributed by atoms with E-state index in [1.54, 1.807) is 0 Å². The van der Waals surface area contributed by atoms with Gasteiger partial charge in [0.1, 0.15) is 13.2 Å². The predicted molar refractivity (Wildman–Crippen MR) is 233 cm³/mol. The van der Waals surface area contributed by atoms with Crippen LogP contribution in [-0.2, 0) is 28.6 Å². The molecule has 3 atom stereocenters. The van der Waals surface area contributed by atoms with Crippen LogP contribution in [0.4, 0.5) is 0 Å². The Morgan fingerprint density at radius 2 is 0.636 bits per heavy atom. The third-order valence-corrected chi connectivity index (χ3v) is 11.6. The van der Waals surface area contributed by atoms with Crippen LogP contribution in [0.2, 0.25) is 0 Å². The zero-order chi connectivity index (χ0) is 40.6. The molecule has 55 heavy (non-hydrogen) atoms. The minimum atomic E-state index is -0.763. The zero-order valence-corrected chi connectivity index (χ0v) is 37.7. The van der Waals surface area contributed by atoms with Crippen molar-refractivity contribution in [3.05, 3.63) is 0 Å². The largest absolute Gasteiger partial charge is 0.462 e. The van der Waals surface area contributed by atoms with E-state index in [2.05, 4.69) is 41.5 Å². The highest BCUT2D eigenvalue weighted by atomic mass is 16.6. The molecule has 0 radical (unpaired) electrons. The Morgan fingerprint density at radius 3 is 0.945 bits per heavy atom. The molecule has 0 heterocycles. The standard InChI is InChI=1S/C49H94O6/c1-7-44(5)36-30-24-18-15-16-20-27-33-39-48(51)54-42-46(55-49(52)40-34-28-22-21-25-31-37-45(6)8-2)41-53-47(50)38-32-26-19-14-12-10-9-11-13-17-23-29-35-43(3)4/h43-46H,7-42H2,1-6H3/t44?,45?,46-/m0/s1. The fraction of sp³-hybridized carbons (Fsp3) is 0.939. The van der Waals surface area contributed by atoms with Crippen LogP contribution in [0.5, 0.6) is 0 Å². The Labute approximate surface area is 342 Å². The third kappa shape index (κ3) is 40.4. The molecule has 0 aliphatic rings. The molecule has 0 aromatic carbocycles. The van der Waals surface area contributed by atoms with Crippen LogP contribution < -0.4 is 0 Å². The first-order chi connectivity index (χ1) is 26.7. The topological polar surface area (TPSA) is 78.9 Å². The molecule has 0 N–H and O–H groups in total. The smallest absolute Gasteiger partial charge is 0.306 e. The van der Waals surface area contributed by atoms with E-state index >= 15 is 0 Å². The van der Waals surface area contributed by atoms with Crippen LogP contribution in [0.25, 0.3) is 0 Å². The van der Waals surface area contributed by atoms with Crippen LogP contribution in [0.1, 0.15) is 260 Å². The van der Waals surface area contributed by atoms with Crippen LogP contribution in [0, 0.1) is 17.8 Å². The normalized spacial score (nSPS) is 13.1. The highest BCUT2D eigenvalue weighted by Gasteiger charge is 2.19. The lowest BCUT2D eigenvalue weighted by Gasteiger charge is -2.18. The number of rotatable bonds is 42. The molecule has 0 saturated carbocycles. The van der Waals surface area contributed by atoms with Gasteiger partial charge in [-0.25, -0.2) is 0 Å². The van der Waals surface area contributed by atoms with Crippen molar-refractivity contribution >= 4 is 17.9 Å². The van der Waals surface area contributed by atoms with Crippen molar-refractivity contribution in [3.63, 3.8) is 0 Å². The van der Waals surface area contributed by atoms with E-state index < -0.39 is 6.10 Å². The minimum Gasteiger partial charge on any atom is -0.462 e. The quantitative estimate of drug-likeness (QED) is 0.0349. The molecule has 0 amide bonds. The van der Waals surface area contributed by atoms with Gasteiger partial charge in [0.05, 0.1) is 0 Å². The molecule has 0 aliphatic carbocycles. The van der Waals surface area contributed by atoms with Crippen LogP contribution in [0.3, 0.4) is 0 Å². The first-order valence-electron chi connectivity index (χ1n) is 24.2. The molecule has 6 nitrogen and oxygen atoms in total. The number of unbranched alkanes of at least 4 members (excludes halogenated alkanes) is 23. The number of hydrogen-bond acceptors (Lipinski definition) is 6. The van der Waals surface area contributed by atoms with Crippen LogP contribution in [-0.4, -0.2) is 37.2 Å². The number of carbonyl (C=O) groups excluding carboxylic acids is 3. The Balaban J connectivity index is 4.32. The van der Waals surface area contributed by atoms with Gasteiger partial charge in [-0.1, -0.05) is 221 Å². The second kappa shape index (κ2) is 40.6. The molecule has 0 aromatic rings. The molecule has 0 saturated heterocycles. The molecular formula is C49H94O6. The lowest BCUT2D eigenvalue weighted by atomic mass is 9.99. The van der Waals surface area contributed by atoms with Gasteiger partial charge in [0.2, 0.25) is 0 Å². The van der Waals surface area contributed by atoms with Crippen molar-refractivity contribution in [2.24, 2.45) is 17.8 Å². The summed E-state index contributed by atoms with van der Waals surface area (Å²) in [5.74, 6) is 1.63. The molecule has 2 unspecified atom stereocenters. The Hall–Kier alpha value is -1.59. The highest BCUT2D eigenvalue weighted by molar-refractivity contribution is 5.71. The minimum absolute atomic E-state index is 0.0664.